The molecule has 3 rings (SSSR count). The zero-order chi connectivity index (χ0) is 18.1. The van der Waals surface area contributed by atoms with E-state index in [1.54, 1.807) is 0 Å². The Hall–Kier alpha value is -1.97. The normalized spacial score (nSPS) is 23.0. The molecule has 0 N–H and O–H groups in total. The summed E-state index contributed by atoms with van der Waals surface area (Å²) in [5, 5.41) is 4.89. The summed E-state index contributed by atoms with van der Waals surface area (Å²) in [5.41, 5.74) is 0.393. The average molecular weight is 389 g/mol. The van der Waals surface area contributed by atoms with Crippen LogP contribution >= 0.6 is 23.2 Å². The predicted molar refractivity (Wildman–Crippen MR) is 86.1 cm³/mol. The molecule has 1 fully saturated rings. The molecule has 0 amide bonds. The van der Waals surface area contributed by atoms with E-state index in [9.17, 15) is 9.59 Å². The molecule has 0 radical (unpaired) electrons. The Morgan fingerprint density at radius 1 is 1.32 bits per heavy atom. The van der Waals surface area contributed by atoms with E-state index < -0.39 is 30.4 Å². The van der Waals surface area contributed by atoms with Gasteiger partial charge in [0.25, 0.3) is 0 Å². The zero-order valence-electron chi connectivity index (χ0n) is 13.3. The van der Waals surface area contributed by atoms with Crippen LogP contribution in [-0.2, 0) is 23.8 Å². The van der Waals surface area contributed by atoms with Gasteiger partial charge < -0.3 is 14.2 Å². The maximum absolute atomic E-state index is 11.3. The molecule has 0 aromatic carbocycles. The smallest absolute Gasteiger partial charge is 0.303 e. The molecule has 0 aliphatic carbocycles. The lowest BCUT2D eigenvalue weighted by molar-refractivity contribution is -0.155. The number of carbonyl (C=O) groups excluding carboxylic acids is 2. The lowest BCUT2D eigenvalue weighted by atomic mass is 10.2. The molecule has 2 aromatic heterocycles. The lowest BCUT2D eigenvalue weighted by Gasteiger charge is -2.17. The van der Waals surface area contributed by atoms with Crippen molar-refractivity contribution in [3.05, 3.63) is 16.6 Å². The maximum atomic E-state index is 11.3. The molecule has 0 saturated carbocycles. The third-order valence-electron chi connectivity index (χ3n) is 3.60. The van der Waals surface area contributed by atoms with Crippen molar-refractivity contribution in [3.8, 4) is 0 Å². The summed E-state index contributed by atoms with van der Waals surface area (Å²) in [7, 11) is 0. The summed E-state index contributed by atoms with van der Waals surface area (Å²) in [5.74, 6) is -0.912. The SMILES string of the molecule is CC(=O)OCC1O[C@@H](n2ncc3c(Cl)nc(Cl)nc32)C[C@@H]1OC(C)=O. The summed E-state index contributed by atoms with van der Waals surface area (Å²) < 4.78 is 17.6. The van der Waals surface area contributed by atoms with Crippen LogP contribution in [0.4, 0.5) is 0 Å². The highest BCUT2D eigenvalue weighted by Crippen LogP contribution is 2.33. The topological polar surface area (TPSA) is 105 Å². The molecule has 1 saturated heterocycles. The van der Waals surface area contributed by atoms with Crippen molar-refractivity contribution in [2.24, 2.45) is 0 Å². The molecule has 3 heterocycles. The fourth-order valence-electron chi connectivity index (χ4n) is 2.61. The molecular formula is C14H14Cl2N4O5. The van der Waals surface area contributed by atoms with E-state index in [0.717, 1.165) is 0 Å². The minimum Gasteiger partial charge on any atom is -0.463 e. The summed E-state index contributed by atoms with van der Waals surface area (Å²) in [4.78, 5) is 30.3. The van der Waals surface area contributed by atoms with Crippen molar-refractivity contribution in [1.82, 2.24) is 19.7 Å². The van der Waals surface area contributed by atoms with Crippen LogP contribution in [0.15, 0.2) is 6.20 Å². The van der Waals surface area contributed by atoms with Gasteiger partial charge in [0.2, 0.25) is 5.28 Å². The maximum Gasteiger partial charge on any atom is 0.303 e. The fraction of sp³-hybridized carbons (Fsp3) is 0.500. The van der Waals surface area contributed by atoms with E-state index in [4.69, 9.17) is 37.4 Å². The number of fused-ring (bicyclic) bond motifs is 1. The summed E-state index contributed by atoms with van der Waals surface area (Å²) in [6, 6.07) is 0. The first kappa shape index (κ1) is 17.8. The molecule has 3 atom stereocenters. The number of carbonyl (C=O) groups is 2. The van der Waals surface area contributed by atoms with E-state index in [0.29, 0.717) is 17.5 Å². The van der Waals surface area contributed by atoms with Crippen molar-refractivity contribution in [3.63, 3.8) is 0 Å². The molecule has 1 aliphatic heterocycles. The van der Waals surface area contributed by atoms with Crippen LogP contribution in [0.5, 0.6) is 0 Å². The molecule has 0 spiro atoms. The van der Waals surface area contributed by atoms with Gasteiger partial charge in [-0.3, -0.25) is 9.59 Å². The third kappa shape index (κ3) is 3.83. The van der Waals surface area contributed by atoms with E-state index >= 15 is 0 Å². The Labute approximate surface area is 152 Å². The summed E-state index contributed by atoms with van der Waals surface area (Å²) in [6.07, 6.45) is 0.00205. The Balaban J connectivity index is 1.87. The van der Waals surface area contributed by atoms with E-state index in [-0.39, 0.29) is 17.0 Å². The quantitative estimate of drug-likeness (QED) is 0.444. The van der Waals surface area contributed by atoms with Crippen LogP contribution in [0.25, 0.3) is 11.0 Å². The van der Waals surface area contributed by atoms with Crippen molar-refractivity contribution in [2.75, 3.05) is 6.61 Å². The first-order valence-electron chi connectivity index (χ1n) is 7.37. The third-order valence-corrected chi connectivity index (χ3v) is 4.06. The highest BCUT2D eigenvalue weighted by Gasteiger charge is 2.40. The van der Waals surface area contributed by atoms with Gasteiger partial charge in [-0.15, -0.1) is 0 Å². The summed E-state index contributed by atoms with van der Waals surface area (Å²) >= 11 is 11.9. The highest BCUT2D eigenvalue weighted by atomic mass is 35.5. The lowest BCUT2D eigenvalue weighted by Crippen LogP contribution is -2.31. The number of ether oxygens (including phenoxy) is 3. The Morgan fingerprint density at radius 3 is 2.76 bits per heavy atom. The van der Waals surface area contributed by atoms with Crippen molar-refractivity contribution in [1.29, 1.82) is 0 Å². The zero-order valence-corrected chi connectivity index (χ0v) is 14.8. The molecule has 1 aliphatic rings. The number of esters is 2. The van der Waals surface area contributed by atoms with E-state index in [2.05, 4.69) is 15.1 Å². The van der Waals surface area contributed by atoms with Gasteiger partial charge in [0.15, 0.2) is 11.9 Å². The molecule has 9 nitrogen and oxygen atoms in total. The van der Waals surface area contributed by atoms with Crippen LogP contribution in [-0.4, -0.2) is 50.5 Å². The van der Waals surface area contributed by atoms with Crippen molar-refractivity contribution < 1.29 is 23.8 Å². The van der Waals surface area contributed by atoms with Crippen molar-refractivity contribution in [2.45, 2.75) is 38.7 Å². The molecule has 11 heteroatoms. The number of nitrogens with zero attached hydrogens (tertiary/aromatic N) is 4. The van der Waals surface area contributed by atoms with Crippen LogP contribution in [0, 0.1) is 0 Å². The van der Waals surface area contributed by atoms with Gasteiger partial charge in [-0.1, -0.05) is 11.6 Å². The van der Waals surface area contributed by atoms with Gasteiger partial charge in [0.05, 0.1) is 11.6 Å². The largest absolute Gasteiger partial charge is 0.463 e. The van der Waals surface area contributed by atoms with Gasteiger partial charge in [-0.25, -0.2) is 9.67 Å². The minimum absolute atomic E-state index is 0.0229. The van der Waals surface area contributed by atoms with Crippen LogP contribution < -0.4 is 0 Å². The molecule has 134 valence electrons. The highest BCUT2D eigenvalue weighted by molar-refractivity contribution is 6.35. The van der Waals surface area contributed by atoms with Gasteiger partial charge in [0, 0.05) is 20.3 Å². The average Bonchev–Trinajstić information content (AvgIpc) is 3.08. The van der Waals surface area contributed by atoms with E-state index in [1.807, 2.05) is 0 Å². The standard InChI is InChI=1S/C14H14Cl2N4O5/c1-6(21)23-5-10-9(24-7(2)22)3-11(25-10)20-13-8(4-17-20)12(15)18-14(16)19-13/h4,9-11H,3,5H2,1-2H3/t9-,10?,11+/m0/s1. The van der Waals surface area contributed by atoms with Gasteiger partial charge in [-0.2, -0.15) is 10.1 Å². The fourth-order valence-corrected chi connectivity index (χ4v) is 3.03. The molecule has 25 heavy (non-hydrogen) atoms. The second-order valence-electron chi connectivity index (χ2n) is 5.43. The Kier molecular flexibility index (Phi) is 5.07. The first-order chi connectivity index (χ1) is 11.8. The molecule has 1 unspecified atom stereocenters. The molecular weight excluding hydrogens is 375 g/mol. The second kappa shape index (κ2) is 7.11. The summed E-state index contributed by atoms with van der Waals surface area (Å²) in [6.45, 7) is 2.54. The first-order valence-corrected chi connectivity index (χ1v) is 8.13. The number of aromatic nitrogens is 4. The van der Waals surface area contributed by atoms with Crippen LogP contribution in [0.2, 0.25) is 10.4 Å². The Bertz CT molecular complexity index is 827. The monoisotopic (exact) mass is 388 g/mol. The predicted octanol–water partition coefficient (Wildman–Crippen LogP) is 1.92. The van der Waals surface area contributed by atoms with Gasteiger partial charge in [-0.05, 0) is 11.6 Å². The van der Waals surface area contributed by atoms with Crippen LogP contribution in [0.3, 0.4) is 0 Å². The van der Waals surface area contributed by atoms with Crippen LogP contribution in [0.1, 0.15) is 26.5 Å². The van der Waals surface area contributed by atoms with Gasteiger partial charge in [0.1, 0.15) is 24.0 Å². The number of hydrogen-bond acceptors (Lipinski definition) is 8. The van der Waals surface area contributed by atoms with Gasteiger partial charge >= 0.3 is 11.9 Å². The number of hydrogen-bond donors (Lipinski definition) is 0. The minimum atomic E-state index is -0.621. The van der Waals surface area contributed by atoms with Crippen molar-refractivity contribution >= 4 is 46.2 Å². The number of rotatable bonds is 4. The molecule has 2 aromatic rings. The Morgan fingerprint density at radius 2 is 2.08 bits per heavy atom. The molecule has 0 bridgehead atoms. The number of halogens is 2. The second-order valence-corrected chi connectivity index (χ2v) is 6.12. The van der Waals surface area contributed by atoms with E-state index in [1.165, 1.54) is 24.7 Å².